The molecule has 0 N–H and O–H groups in total. The maximum Gasteiger partial charge on any atom is 0.410 e. The first-order chi connectivity index (χ1) is 12.7. The molecule has 7 heteroatoms. The van der Waals surface area contributed by atoms with Crippen LogP contribution in [0.5, 0.6) is 5.75 Å². The summed E-state index contributed by atoms with van der Waals surface area (Å²) in [5, 5.41) is 0.0997. The van der Waals surface area contributed by atoms with Crippen LogP contribution >= 0.6 is 12.2 Å². The van der Waals surface area contributed by atoms with Gasteiger partial charge in [-0.15, -0.1) is 6.58 Å². The molecule has 1 aromatic carbocycles. The molecule has 1 heterocycles. The summed E-state index contributed by atoms with van der Waals surface area (Å²) in [7, 11) is 1.61. The summed E-state index contributed by atoms with van der Waals surface area (Å²) in [5.41, 5.74) is 0.327. The number of methoxy groups -OCH3 is 1. The van der Waals surface area contributed by atoms with Gasteiger partial charge >= 0.3 is 11.3 Å². The number of carbonyl (C=O) groups excluding carboxylic acids is 1. The normalized spacial score (nSPS) is 17.5. The molecule has 0 spiro atoms. The van der Waals surface area contributed by atoms with Crippen molar-refractivity contribution in [3.05, 3.63) is 42.5 Å². The van der Waals surface area contributed by atoms with Crippen LogP contribution in [0.1, 0.15) is 32.8 Å². The van der Waals surface area contributed by atoms with Crippen LogP contribution < -0.4 is 4.74 Å². The number of rotatable bonds is 7. The van der Waals surface area contributed by atoms with Crippen LogP contribution in [0.15, 0.2) is 36.9 Å². The Morgan fingerprint density at radius 2 is 2.07 bits per heavy atom. The summed E-state index contributed by atoms with van der Waals surface area (Å²) in [6.07, 6.45) is 1.47. The third-order valence-electron chi connectivity index (χ3n) is 3.99. The predicted molar refractivity (Wildman–Crippen MR) is 107 cm³/mol. The first kappa shape index (κ1) is 21.0. The second kappa shape index (κ2) is 9.08. The SMILES string of the molecule is C=CC[C@@H]([C@H]1COC(=S)O1)N(Cc1ccc(OC)cc1)C(=O)OC(C)(C)C. The zero-order valence-corrected chi connectivity index (χ0v) is 17.1. The molecule has 1 aliphatic rings. The summed E-state index contributed by atoms with van der Waals surface area (Å²) < 4.78 is 21.7. The quantitative estimate of drug-likeness (QED) is 0.514. The number of thiocarbonyl (C=S) groups is 1. The fraction of sp³-hybridized carbons (Fsp3) is 0.500. The van der Waals surface area contributed by atoms with E-state index in [1.54, 1.807) is 18.1 Å². The average molecular weight is 394 g/mol. The molecule has 1 amide bonds. The van der Waals surface area contributed by atoms with Crippen molar-refractivity contribution in [2.75, 3.05) is 13.7 Å². The van der Waals surface area contributed by atoms with Gasteiger partial charge in [0.05, 0.1) is 13.2 Å². The molecule has 1 fully saturated rings. The van der Waals surface area contributed by atoms with Gasteiger partial charge in [0.1, 0.15) is 18.0 Å². The van der Waals surface area contributed by atoms with Gasteiger partial charge in [0.25, 0.3) is 0 Å². The lowest BCUT2D eigenvalue weighted by Crippen LogP contribution is -2.49. The fourth-order valence-corrected chi connectivity index (χ4v) is 2.94. The molecule has 0 bridgehead atoms. The van der Waals surface area contributed by atoms with Crippen molar-refractivity contribution in [2.45, 2.75) is 51.5 Å². The molecule has 2 atom stereocenters. The van der Waals surface area contributed by atoms with E-state index in [0.717, 1.165) is 11.3 Å². The first-order valence-electron chi connectivity index (χ1n) is 8.80. The Hall–Kier alpha value is -2.28. The van der Waals surface area contributed by atoms with E-state index >= 15 is 0 Å². The summed E-state index contributed by atoms with van der Waals surface area (Å²) in [6, 6.07) is 7.22. The van der Waals surface area contributed by atoms with Crippen molar-refractivity contribution in [3.63, 3.8) is 0 Å². The van der Waals surface area contributed by atoms with E-state index in [1.165, 1.54) is 0 Å². The molecule has 6 nitrogen and oxygen atoms in total. The molecule has 0 radical (unpaired) electrons. The van der Waals surface area contributed by atoms with Crippen LogP contribution in [-0.2, 0) is 20.8 Å². The number of hydrogen-bond donors (Lipinski definition) is 0. The highest BCUT2D eigenvalue weighted by Crippen LogP contribution is 2.24. The second-order valence-electron chi connectivity index (χ2n) is 7.27. The Balaban J connectivity index is 2.28. The minimum atomic E-state index is -0.615. The van der Waals surface area contributed by atoms with Gasteiger partial charge in [-0.3, -0.25) is 4.90 Å². The number of amides is 1. The Morgan fingerprint density at radius 3 is 2.56 bits per heavy atom. The van der Waals surface area contributed by atoms with E-state index in [4.69, 9.17) is 31.2 Å². The van der Waals surface area contributed by atoms with Crippen molar-refractivity contribution in [1.82, 2.24) is 4.90 Å². The number of carbonyl (C=O) groups is 1. The topological polar surface area (TPSA) is 57.2 Å². The maximum absolute atomic E-state index is 13.0. The molecule has 1 saturated heterocycles. The van der Waals surface area contributed by atoms with E-state index in [2.05, 4.69) is 6.58 Å². The van der Waals surface area contributed by atoms with Gasteiger partial charge in [0, 0.05) is 18.8 Å². The highest BCUT2D eigenvalue weighted by molar-refractivity contribution is 7.79. The van der Waals surface area contributed by atoms with Crippen molar-refractivity contribution in [2.24, 2.45) is 0 Å². The highest BCUT2D eigenvalue weighted by Gasteiger charge is 2.38. The molecule has 1 aliphatic heterocycles. The van der Waals surface area contributed by atoms with Gasteiger partial charge in [-0.2, -0.15) is 0 Å². The van der Waals surface area contributed by atoms with Crippen LogP contribution in [0.2, 0.25) is 0 Å². The van der Waals surface area contributed by atoms with Crippen molar-refractivity contribution in [1.29, 1.82) is 0 Å². The lowest BCUT2D eigenvalue weighted by atomic mass is 10.0. The van der Waals surface area contributed by atoms with E-state index in [0.29, 0.717) is 19.6 Å². The third-order valence-corrected chi connectivity index (χ3v) is 4.20. The largest absolute Gasteiger partial charge is 0.497 e. The minimum Gasteiger partial charge on any atom is -0.497 e. The molecule has 0 saturated carbocycles. The van der Waals surface area contributed by atoms with Crippen LogP contribution in [0.25, 0.3) is 0 Å². The molecule has 0 unspecified atom stereocenters. The molecule has 148 valence electrons. The van der Waals surface area contributed by atoms with E-state index in [9.17, 15) is 4.79 Å². The van der Waals surface area contributed by atoms with Crippen molar-refractivity contribution >= 4 is 23.5 Å². The van der Waals surface area contributed by atoms with Gasteiger partial charge in [-0.1, -0.05) is 18.2 Å². The molecule has 1 aromatic rings. The minimum absolute atomic E-state index is 0.0997. The molecule has 2 rings (SSSR count). The zero-order chi connectivity index (χ0) is 20.0. The fourth-order valence-electron chi connectivity index (χ4n) is 2.75. The van der Waals surface area contributed by atoms with Gasteiger partial charge in [0.2, 0.25) is 0 Å². The number of hydrogen-bond acceptors (Lipinski definition) is 6. The van der Waals surface area contributed by atoms with Crippen LogP contribution in [0, 0.1) is 0 Å². The van der Waals surface area contributed by atoms with Gasteiger partial charge in [-0.25, -0.2) is 4.79 Å². The first-order valence-corrected chi connectivity index (χ1v) is 9.21. The Labute approximate surface area is 166 Å². The van der Waals surface area contributed by atoms with E-state index < -0.39 is 11.7 Å². The Bertz CT molecular complexity index is 668. The van der Waals surface area contributed by atoms with Gasteiger partial charge < -0.3 is 18.9 Å². The maximum atomic E-state index is 13.0. The van der Waals surface area contributed by atoms with Crippen LogP contribution in [0.4, 0.5) is 4.79 Å². The monoisotopic (exact) mass is 393 g/mol. The zero-order valence-electron chi connectivity index (χ0n) is 16.3. The predicted octanol–water partition coefficient (Wildman–Crippen LogP) is 4.08. The van der Waals surface area contributed by atoms with E-state index in [-0.39, 0.29) is 17.4 Å². The molecular weight excluding hydrogens is 366 g/mol. The summed E-state index contributed by atoms with van der Waals surface area (Å²) in [4.78, 5) is 14.6. The third kappa shape index (κ3) is 6.13. The van der Waals surface area contributed by atoms with Gasteiger partial charge in [-0.05, 0) is 44.9 Å². The number of nitrogens with zero attached hydrogens (tertiary/aromatic N) is 1. The van der Waals surface area contributed by atoms with Crippen LogP contribution in [0.3, 0.4) is 0 Å². The number of ether oxygens (including phenoxy) is 4. The lowest BCUT2D eigenvalue weighted by molar-refractivity contribution is -0.00140. The average Bonchev–Trinajstić information content (AvgIpc) is 3.03. The lowest BCUT2D eigenvalue weighted by Gasteiger charge is -2.35. The van der Waals surface area contributed by atoms with Gasteiger partial charge in [0.15, 0.2) is 6.10 Å². The molecule has 0 aliphatic carbocycles. The van der Waals surface area contributed by atoms with E-state index in [1.807, 2.05) is 45.0 Å². The summed E-state index contributed by atoms with van der Waals surface area (Å²) in [6.45, 7) is 9.96. The molecular formula is C20H27NO5S. The summed E-state index contributed by atoms with van der Waals surface area (Å²) in [5.74, 6) is 0.753. The Morgan fingerprint density at radius 1 is 1.41 bits per heavy atom. The van der Waals surface area contributed by atoms with Crippen molar-refractivity contribution in [3.8, 4) is 5.75 Å². The summed E-state index contributed by atoms with van der Waals surface area (Å²) >= 11 is 4.98. The molecule has 0 aromatic heterocycles. The Kier molecular flexibility index (Phi) is 7.07. The van der Waals surface area contributed by atoms with Crippen molar-refractivity contribution < 1.29 is 23.7 Å². The number of benzene rings is 1. The second-order valence-corrected chi connectivity index (χ2v) is 7.60. The smallest absolute Gasteiger partial charge is 0.410 e. The standard InChI is InChI=1S/C20H27NO5S/c1-6-7-16(17-13-24-19(27)25-17)21(18(22)26-20(2,3)4)12-14-8-10-15(23-5)11-9-14/h6,8-11,16-17H,1,7,12-13H2,2-5H3/t16-,17+/m0/s1. The highest BCUT2D eigenvalue weighted by atomic mass is 32.1. The molecule has 27 heavy (non-hydrogen) atoms. The van der Waals surface area contributed by atoms with Crippen LogP contribution in [-0.4, -0.2) is 47.7 Å².